The molecule has 1 fully saturated rings. The third kappa shape index (κ3) is 2.73. The molecule has 1 saturated carbocycles. The van der Waals surface area contributed by atoms with Crippen molar-refractivity contribution in [1.29, 1.82) is 0 Å². The molecule has 3 N–H and O–H groups in total. The summed E-state index contributed by atoms with van der Waals surface area (Å²) in [6.45, 7) is 4.24. The SMILES string of the molecule is COC1CC(NC(=O)Cc2ccccc2N)C1(C)C. The van der Waals surface area contributed by atoms with E-state index in [0.717, 1.165) is 12.0 Å². The number of para-hydroxylation sites is 1. The van der Waals surface area contributed by atoms with Gasteiger partial charge in [0.25, 0.3) is 0 Å². The van der Waals surface area contributed by atoms with Gasteiger partial charge >= 0.3 is 0 Å². The Hall–Kier alpha value is -1.55. The number of nitrogen functional groups attached to an aromatic ring is 1. The lowest BCUT2D eigenvalue weighted by molar-refractivity contribution is -0.132. The van der Waals surface area contributed by atoms with Crippen LogP contribution in [0.15, 0.2) is 24.3 Å². The summed E-state index contributed by atoms with van der Waals surface area (Å²) in [6.07, 6.45) is 1.43. The van der Waals surface area contributed by atoms with Gasteiger partial charge in [-0.15, -0.1) is 0 Å². The predicted octanol–water partition coefficient (Wildman–Crippen LogP) is 1.74. The molecule has 2 atom stereocenters. The molecule has 1 amide bonds. The highest BCUT2D eigenvalue weighted by atomic mass is 16.5. The Morgan fingerprint density at radius 1 is 1.47 bits per heavy atom. The average Bonchev–Trinajstić information content (AvgIpc) is 2.37. The second kappa shape index (κ2) is 5.21. The lowest BCUT2D eigenvalue weighted by Crippen LogP contribution is -2.62. The second-order valence-corrected chi connectivity index (χ2v) is 5.78. The van der Waals surface area contributed by atoms with Crippen LogP contribution in [0, 0.1) is 5.41 Å². The van der Waals surface area contributed by atoms with Crippen LogP contribution in [-0.4, -0.2) is 25.2 Å². The van der Waals surface area contributed by atoms with Gasteiger partial charge in [0, 0.05) is 24.3 Å². The van der Waals surface area contributed by atoms with Crippen molar-refractivity contribution >= 4 is 11.6 Å². The van der Waals surface area contributed by atoms with Crippen LogP contribution < -0.4 is 11.1 Å². The van der Waals surface area contributed by atoms with Crippen molar-refractivity contribution in [2.75, 3.05) is 12.8 Å². The smallest absolute Gasteiger partial charge is 0.224 e. The van der Waals surface area contributed by atoms with Crippen molar-refractivity contribution in [3.8, 4) is 0 Å². The first kappa shape index (κ1) is 13.9. The van der Waals surface area contributed by atoms with Gasteiger partial charge in [0.1, 0.15) is 0 Å². The van der Waals surface area contributed by atoms with Crippen molar-refractivity contribution in [3.05, 3.63) is 29.8 Å². The van der Waals surface area contributed by atoms with Crippen molar-refractivity contribution < 1.29 is 9.53 Å². The van der Waals surface area contributed by atoms with E-state index in [0.29, 0.717) is 12.1 Å². The fourth-order valence-corrected chi connectivity index (χ4v) is 2.64. The molecule has 2 unspecified atom stereocenters. The zero-order valence-corrected chi connectivity index (χ0v) is 11.8. The van der Waals surface area contributed by atoms with Crippen molar-refractivity contribution in [2.45, 2.75) is 38.8 Å². The highest BCUT2D eigenvalue weighted by Crippen LogP contribution is 2.42. The maximum Gasteiger partial charge on any atom is 0.224 e. The van der Waals surface area contributed by atoms with Gasteiger partial charge < -0.3 is 15.8 Å². The van der Waals surface area contributed by atoms with Crippen LogP contribution in [-0.2, 0) is 16.0 Å². The van der Waals surface area contributed by atoms with Crippen LogP contribution in [0.2, 0.25) is 0 Å². The molecule has 0 aromatic heterocycles. The number of carbonyl (C=O) groups excluding carboxylic acids is 1. The summed E-state index contributed by atoms with van der Waals surface area (Å²) >= 11 is 0. The minimum atomic E-state index is -0.00730. The van der Waals surface area contributed by atoms with E-state index in [2.05, 4.69) is 19.2 Å². The molecule has 1 aliphatic carbocycles. The largest absolute Gasteiger partial charge is 0.398 e. The molecule has 0 bridgehead atoms. The molecule has 2 rings (SSSR count). The molecule has 1 aromatic rings. The molecule has 0 saturated heterocycles. The van der Waals surface area contributed by atoms with Gasteiger partial charge in [-0.2, -0.15) is 0 Å². The summed E-state index contributed by atoms with van der Waals surface area (Å²) in [4.78, 5) is 12.0. The van der Waals surface area contributed by atoms with Crippen molar-refractivity contribution in [1.82, 2.24) is 5.32 Å². The summed E-state index contributed by atoms with van der Waals surface area (Å²) < 4.78 is 5.38. The molecule has 4 heteroatoms. The number of carbonyl (C=O) groups is 1. The number of anilines is 1. The average molecular weight is 262 g/mol. The number of nitrogens with two attached hydrogens (primary N) is 1. The minimum absolute atomic E-state index is 0.00730. The van der Waals surface area contributed by atoms with E-state index in [9.17, 15) is 4.79 Å². The lowest BCUT2D eigenvalue weighted by atomic mass is 9.64. The van der Waals surface area contributed by atoms with Gasteiger partial charge in [0.2, 0.25) is 5.91 Å². The quantitative estimate of drug-likeness (QED) is 0.812. The maximum atomic E-state index is 12.0. The molecule has 19 heavy (non-hydrogen) atoms. The molecule has 1 aliphatic rings. The first-order chi connectivity index (χ1) is 8.95. The predicted molar refractivity (Wildman–Crippen MR) is 75.7 cm³/mol. The zero-order valence-electron chi connectivity index (χ0n) is 11.8. The van der Waals surface area contributed by atoms with E-state index in [1.165, 1.54) is 0 Å². The molecule has 0 aliphatic heterocycles. The molecule has 0 heterocycles. The summed E-state index contributed by atoms with van der Waals surface area (Å²) in [6, 6.07) is 7.65. The Kier molecular flexibility index (Phi) is 3.80. The summed E-state index contributed by atoms with van der Waals surface area (Å²) in [5, 5.41) is 3.07. The summed E-state index contributed by atoms with van der Waals surface area (Å²) in [5.74, 6) is 0.0190. The van der Waals surface area contributed by atoms with Crippen LogP contribution >= 0.6 is 0 Å². The van der Waals surface area contributed by atoms with E-state index < -0.39 is 0 Å². The number of ether oxygens (including phenoxy) is 1. The molecule has 0 radical (unpaired) electrons. The highest BCUT2D eigenvalue weighted by molar-refractivity contribution is 5.80. The Morgan fingerprint density at radius 3 is 2.74 bits per heavy atom. The number of hydrogen-bond acceptors (Lipinski definition) is 3. The van der Waals surface area contributed by atoms with Gasteiger partial charge in [-0.05, 0) is 18.1 Å². The molecular formula is C15H22N2O2. The third-order valence-electron chi connectivity index (χ3n) is 4.20. The zero-order chi connectivity index (χ0) is 14.0. The van der Waals surface area contributed by atoms with Crippen LogP contribution in [0.3, 0.4) is 0 Å². The van der Waals surface area contributed by atoms with Crippen LogP contribution in [0.25, 0.3) is 0 Å². The van der Waals surface area contributed by atoms with Crippen molar-refractivity contribution in [3.63, 3.8) is 0 Å². The Bertz CT molecular complexity index is 471. The first-order valence-corrected chi connectivity index (χ1v) is 6.60. The van der Waals surface area contributed by atoms with Crippen LogP contribution in [0.5, 0.6) is 0 Å². The van der Waals surface area contributed by atoms with Gasteiger partial charge in [0.15, 0.2) is 0 Å². The number of methoxy groups -OCH3 is 1. The lowest BCUT2D eigenvalue weighted by Gasteiger charge is -2.51. The van der Waals surface area contributed by atoms with Gasteiger partial charge in [-0.1, -0.05) is 32.0 Å². The number of benzene rings is 1. The normalized spacial score (nSPS) is 24.6. The Morgan fingerprint density at radius 2 is 2.16 bits per heavy atom. The number of nitrogens with one attached hydrogen (secondary N) is 1. The molecule has 1 aromatic carbocycles. The number of amides is 1. The minimum Gasteiger partial charge on any atom is -0.398 e. The highest BCUT2D eigenvalue weighted by Gasteiger charge is 2.49. The Balaban J connectivity index is 1.91. The molecule has 0 spiro atoms. The van der Waals surface area contributed by atoms with E-state index in [4.69, 9.17) is 10.5 Å². The van der Waals surface area contributed by atoms with Gasteiger partial charge in [-0.3, -0.25) is 4.79 Å². The summed E-state index contributed by atoms with van der Waals surface area (Å²) in [7, 11) is 1.72. The summed E-state index contributed by atoms with van der Waals surface area (Å²) in [5.41, 5.74) is 7.38. The van der Waals surface area contributed by atoms with Gasteiger partial charge in [-0.25, -0.2) is 0 Å². The first-order valence-electron chi connectivity index (χ1n) is 6.60. The standard InChI is InChI=1S/C15H22N2O2/c1-15(2)12(9-13(15)19-3)17-14(18)8-10-6-4-5-7-11(10)16/h4-7,12-13H,8-9,16H2,1-3H3,(H,17,18). The monoisotopic (exact) mass is 262 g/mol. The number of hydrogen-bond donors (Lipinski definition) is 2. The van der Waals surface area contributed by atoms with Crippen LogP contribution in [0.1, 0.15) is 25.8 Å². The molecule has 104 valence electrons. The maximum absolute atomic E-state index is 12.0. The molecular weight excluding hydrogens is 240 g/mol. The fourth-order valence-electron chi connectivity index (χ4n) is 2.64. The van der Waals surface area contributed by atoms with Crippen LogP contribution in [0.4, 0.5) is 5.69 Å². The van der Waals surface area contributed by atoms with Crippen molar-refractivity contribution in [2.24, 2.45) is 5.41 Å². The van der Waals surface area contributed by atoms with E-state index in [1.807, 2.05) is 24.3 Å². The molecule has 4 nitrogen and oxygen atoms in total. The van der Waals surface area contributed by atoms with E-state index in [1.54, 1.807) is 7.11 Å². The third-order valence-corrected chi connectivity index (χ3v) is 4.20. The second-order valence-electron chi connectivity index (χ2n) is 5.78. The fraction of sp³-hybridized carbons (Fsp3) is 0.533. The van der Waals surface area contributed by atoms with E-state index in [-0.39, 0.29) is 23.5 Å². The topological polar surface area (TPSA) is 64.3 Å². The van der Waals surface area contributed by atoms with Gasteiger partial charge in [0.05, 0.1) is 12.5 Å². The Labute approximate surface area is 114 Å². The van der Waals surface area contributed by atoms with E-state index >= 15 is 0 Å². The number of rotatable bonds is 4.